The first kappa shape index (κ1) is 12.0. The number of aromatic nitrogens is 2. The minimum absolute atomic E-state index is 0.0249. The zero-order valence-electron chi connectivity index (χ0n) is 9.51. The Morgan fingerprint density at radius 2 is 2.28 bits per heavy atom. The monoisotopic (exact) mass is 251 g/mol. The molecule has 94 valence electrons. The summed E-state index contributed by atoms with van der Waals surface area (Å²) in [4.78, 5) is 11.6. The number of benzene rings is 1. The van der Waals surface area contributed by atoms with Crippen molar-refractivity contribution in [1.82, 2.24) is 10.3 Å². The summed E-state index contributed by atoms with van der Waals surface area (Å²) in [5.41, 5.74) is 6.31. The predicted molar refractivity (Wildman–Crippen MR) is 59.0 cm³/mol. The molecule has 0 aliphatic rings. The van der Waals surface area contributed by atoms with Crippen molar-refractivity contribution in [3.63, 3.8) is 0 Å². The number of nitrogens with zero attached hydrogens (tertiary/aromatic N) is 2. The third-order valence-electron chi connectivity index (χ3n) is 2.32. The lowest BCUT2D eigenvalue weighted by Gasteiger charge is -2.03. The van der Waals surface area contributed by atoms with Gasteiger partial charge in [-0.3, -0.25) is 0 Å². The highest BCUT2D eigenvalue weighted by atomic mass is 19.1. The molecule has 2 rings (SSSR count). The summed E-state index contributed by atoms with van der Waals surface area (Å²) in [6.45, 7) is 1.59. The van der Waals surface area contributed by atoms with E-state index in [1.165, 1.54) is 12.1 Å². The van der Waals surface area contributed by atoms with Crippen molar-refractivity contribution in [2.75, 3.05) is 5.73 Å². The lowest BCUT2D eigenvalue weighted by molar-refractivity contribution is 0.0463. The van der Waals surface area contributed by atoms with Crippen molar-refractivity contribution in [3.05, 3.63) is 41.0 Å². The first-order valence-corrected chi connectivity index (χ1v) is 5.08. The number of anilines is 1. The second-order valence-electron chi connectivity index (χ2n) is 3.61. The first-order chi connectivity index (χ1) is 8.58. The lowest BCUT2D eigenvalue weighted by atomic mass is 10.2. The SMILES string of the molecule is Cc1nonc1COC(=O)c1ccc(N)c(F)c1. The van der Waals surface area contributed by atoms with Crippen molar-refractivity contribution < 1.29 is 18.6 Å². The van der Waals surface area contributed by atoms with Crippen LogP contribution >= 0.6 is 0 Å². The minimum atomic E-state index is -0.670. The number of carbonyl (C=O) groups excluding carboxylic acids is 1. The minimum Gasteiger partial charge on any atom is -0.455 e. The molecular weight excluding hydrogens is 241 g/mol. The number of ether oxygens (including phenoxy) is 1. The molecule has 6 nitrogen and oxygen atoms in total. The molecule has 0 radical (unpaired) electrons. The van der Waals surface area contributed by atoms with Gasteiger partial charge in [-0.1, -0.05) is 10.3 Å². The number of rotatable bonds is 3. The molecule has 1 aromatic carbocycles. The summed E-state index contributed by atoms with van der Waals surface area (Å²) in [7, 11) is 0. The summed E-state index contributed by atoms with van der Waals surface area (Å²) < 4.78 is 22.5. The number of halogens is 1. The Bertz CT molecular complexity index is 583. The molecule has 0 saturated carbocycles. The van der Waals surface area contributed by atoms with Gasteiger partial charge in [0.05, 0.1) is 11.3 Å². The van der Waals surface area contributed by atoms with Crippen LogP contribution in [-0.4, -0.2) is 16.3 Å². The molecule has 1 heterocycles. The van der Waals surface area contributed by atoms with Crippen LogP contribution in [0.5, 0.6) is 0 Å². The largest absolute Gasteiger partial charge is 0.455 e. The van der Waals surface area contributed by atoms with Gasteiger partial charge >= 0.3 is 5.97 Å². The van der Waals surface area contributed by atoms with Gasteiger partial charge in [-0.2, -0.15) is 0 Å². The summed E-state index contributed by atoms with van der Waals surface area (Å²) in [5.74, 6) is -1.33. The summed E-state index contributed by atoms with van der Waals surface area (Å²) >= 11 is 0. The van der Waals surface area contributed by atoms with Gasteiger partial charge in [0.1, 0.15) is 23.8 Å². The van der Waals surface area contributed by atoms with E-state index < -0.39 is 11.8 Å². The number of carbonyl (C=O) groups is 1. The average molecular weight is 251 g/mol. The zero-order chi connectivity index (χ0) is 13.1. The smallest absolute Gasteiger partial charge is 0.338 e. The van der Waals surface area contributed by atoms with E-state index in [1.807, 2.05) is 0 Å². The Morgan fingerprint density at radius 3 is 2.89 bits per heavy atom. The highest BCUT2D eigenvalue weighted by Crippen LogP contribution is 2.13. The predicted octanol–water partition coefficient (Wildman–Crippen LogP) is 1.46. The Morgan fingerprint density at radius 1 is 1.50 bits per heavy atom. The maximum atomic E-state index is 13.1. The number of hydrogen-bond acceptors (Lipinski definition) is 6. The fourth-order valence-corrected chi connectivity index (χ4v) is 1.25. The Balaban J connectivity index is 2.04. The van der Waals surface area contributed by atoms with E-state index in [0.29, 0.717) is 11.4 Å². The standard InChI is InChI=1S/C11H10FN3O3/c1-6-10(15-18-14-6)5-17-11(16)7-2-3-9(13)8(12)4-7/h2-4H,5,13H2,1H3. The van der Waals surface area contributed by atoms with Gasteiger partial charge in [0.25, 0.3) is 0 Å². The topological polar surface area (TPSA) is 91.2 Å². The van der Waals surface area contributed by atoms with Gasteiger partial charge in [-0.25, -0.2) is 13.8 Å². The number of nitrogen functional groups attached to an aromatic ring is 1. The van der Waals surface area contributed by atoms with Gasteiger partial charge in [0, 0.05) is 0 Å². The Hall–Kier alpha value is -2.44. The molecule has 0 atom stereocenters. The van der Waals surface area contributed by atoms with Crippen LogP contribution in [0.4, 0.5) is 10.1 Å². The molecule has 2 aromatic rings. The van der Waals surface area contributed by atoms with Crippen LogP contribution in [0.3, 0.4) is 0 Å². The van der Waals surface area contributed by atoms with Gasteiger partial charge < -0.3 is 10.5 Å². The number of esters is 1. The molecule has 7 heteroatoms. The van der Waals surface area contributed by atoms with Crippen LogP contribution < -0.4 is 5.73 Å². The van der Waals surface area contributed by atoms with Crippen LogP contribution in [0, 0.1) is 12.7 Å². The van der Waals surface area contributed by atoms with Crippen LogP contribution in [-0.2, 0) is 11.3 Å². The second kappa shape index (κ2) is 4.82. The normalized spacial score (nSPS) is 10.3. The molecule has 0 unspecified atom stereocenters. The Labute approximate surface area is 102 Å². The summed E-state index contributed by atoms with van der Waals surface area (Å²) in [6, 6.07) is 3.70. The van der Waals surface area contributed by atoms with Gasteiger partial charge in [0.2, 0.25) is 0 Å². The van der Waals surface area contributed by atoms with Gasteiger partial charge in [-0.15, -0.1) is 0 Å². The molecule has 0 bridgehead atoms. The zero-order valence-corrected chi connectivity index (χ0v) is 9.51. The molecule has 0 amide bonds. The third kappa shape index (κ3) is 2.45. The fraction of sp³-hybridized carbons (Fsp3) is 0.182. The molecule has 0 saturated heterocycles. The van der Waals surface area contributed by atoms with Crippen LogP contribution in [0.15, 0.2) is 22.8 Å². The number of aryl methyl sites for hydroxylation is 1. The van der Waals surface area contributed by atoms with E-state index in [-0.39, 0.29) is 17.9 Å². The highest BCUT2D eigenvalue weighted by molar-refractivity contribution is 5.89. The van der Waals surface area contributed by atoms with Crippen molar-refractivity contribution in [2.24, 2.45) is 0 Å². The number of nitrogens with two attached hydrogens (primary N) is 1. The van der Waals surface area contributed by atoms with E-state index in [0.717, 1.165) is 6.07 Å². The van der Waals surface area contributed by atoms with Crippen molar-refractivity contribution >= 4 is 11.7 Å². The van der Waals surface area contributed by atoms with Gasteiger partial charge in [-0.05, 0) is 25.1 Å². The van der Waals surface area contributed by atoms with Crippen molar-refractivity contribution in [2.45, 2.75) is 13.5 Å². The summed E-state index contributed by atoms with van der Waals surface area (Å²) in [6.07, 6.45) is 0. The average Bonchev–Trinajstić information content (AvgIpc) is 2.75. The molecule has 2 N–H and O–H groups in total. The third-order valence-corrected chi connectivity index (χ3v) is 2.32. The van der Waals surface area contributed by atoms with E-state index >= 15 is 0 Å². The molecule has 0 spiro atoms. The molecule has 18 heavy (non-hydrogen) atoms. The van der Waals surface area contributed by atoms with E-state index in [2.05, 4.69) is 14.9 Å². The van der Waals surface area contributed by atoms with Crippen LogP contribution in [0.2, 0.25) is 0 Å². The van der Waals surface area contributed by atoms with Crippen LogP contribution in [0.1, 0.15) is 21.7 Å². The van der Waals surface area contributed by atoms with Gasteiger partial charge in [0.15, 0.2) is 0 Å². The first-order valence-electron chi connectivity index (χ1n) is 5.08. The van der Waals surface area contributed by atoms with Crippen LogP contribution in [0.25, 0.3) is 0 Å². The highest BCUT2D eigenvalue weighted by Gasteiger charge is 2.12. The maximum Gasteiger partial charge on any atom is 0.338 e. The van der Waals surface area contributed by atoms with Crippen molar-refractivity contribution in [3.8, 4) is 0 Å². The second-order valence-corrected chi connectivity index (χ2v) is 3.61. The molecule has 0 aliphatic heterocycles. The molecule has 1 aromatic heterocycles. The molecular formula is C11H10FN3O3. The maximum absolute atomic E-state index is 13.1. The van der Waals surface area contributed by atoms with Crippen molar-refractivity contribution in [1.29, 1.82) is 0 Å². The molecule has 0 fully saturated rings. The van der Waals surface area contributed by atoms with E-state index in [4.69, 9.17) is 10.5 Å². The molecule has 0 aliphatic carbocycles. The Kier molecular flexibility index (Phi) is 3.22. The fourth-order valence-electron chi connectivity index (χ4n) is 1.25. The van der Waals surface area contributed by atoms with E-state index in [1.54, 1.807) is 6.92 Å². The number of hydrogen-bond donors (Lipinski definition) is 1. The van der Waals surface area contributed by atoms with E-state index in [9.17, 15) is 9.18 Å². The summed E-state index contributed by atoms with van der Waals surface area (Å²) in [5, 5.41) is 7.09. The lowest BCUT2D eigenvalue weighted by Crippen LogP contribution is -2.07. The quantitative estimate of drug-likeness (QED) is 0.655.